The third kappa shape index (κ3) is 5.41. The quantitative estimate of drug-likeness (QED) is 0.804. The standard InChI is InChI=1S/C21H27N3O3S/c1-17-5-3-4-6-20(17)15-22-21(25)19-9-7-18(8-10-19)16-23-11-13-24(14-12-23)28(2,26)27/h3-10H,11-16H2,1-2H3,(H,22,25). The largest absolute Gasteiger partial charge is 0.348 e. The highest BCUT2D eigenvalue weighted by atomic mass is 32.2. The Hall–Kier alpha value is -2.22. The van der Waals surface area contributed by atoms with E-state index in [0.717, 1.165) is 23.2 Å². The summed E-state index contributed by atoms with van der Waals surface area (Å²) in [6.45, 7) is 5.78. The maximum absolute atomic E-state index is 12.4. The van der Waals surface area contributed by atoms with Gasteiger partial charge in [0.15, 0.2) is 0 Å². The molecule has 7 heteroatoms. The van der Waals surface area contributed by atoms with Gasteiger partial charge in [0.1, 0.15) is 0 Å². The number of carbonyl (C=O) groups excluding carboxylic acids is 1. The van der Waals surface area contributed by atoms with E-state index in [9.17, 15) is 13.2 Å². The molecule has 0 spiro atoms. The highest BCUT2D eigenvalue weighted by Gasteiger charge is 2.23. The van der Waals surface area contributed by atoms with E-state index in [1.165, 1.54) is 10.6 Å². The number of nitrogens with one attached hydrogen (secondary N) is 1. The van der Waals surface area contributed by atoms with Crippen LogP contribution in [0.25, 0.3) is 0 Å². The number of piperazine rings is 1. The van der Waals surface area contributed by atoms with Gasteiger partial charge in [0, 0.05) is 44.8 Å². The van der Waals surface area contributed by atoms with Crippen molar-refractivity contribution in [1.29, 1.82) is 0 Å². The molecule has 1 aliphatic heterocycles. The second-order valence-corrected chi connectivity index (χ2v) is 9.23. The summed E-state index contributed by atoms with van der Waals surface area (Å²) in [5, 5.41) is 2.96. The topological polar surface area (TPSA) is 69.7 Å². The van der Waals surface area contributed by atoms with Crippen LogP contribution in [0, 0.1) is 6.92 Å². The minimum absolute atomic E-state index is 0.0865. The van der Waals surface area contributed by atoms with Crippen molar-refractivity contribution >= 4 is 15.9 Å². The first-order valence-electron chi connectivity index (χ1n) is 9.42. The first-order chi connectivity index (χ1) is 13.3. The average Bonchev–Trinajstić information content (AvgIpc) is 2.67. The van der Waals surface area contributed by atoms with Crippen molar-refractivity contribution < 1.29 is 13.2 Å². The van der Waals surface area contributed by atoms with Gasteiger partial charge in [0.2, 0.25) is 10.0 Å². The van der Waals surface area contributed by atoms with E-state index in [4.69, 9.17) is 0 Å². The number of benzene rings is 2. The molecule has 1 heterocycles. The predicted molar refractivity (Wildman–Crippen MR) is 110 cm³/mol. The third-order valence-electron chi connectivity index (χ3n) is 5.12. The molecule has 0 saturated carbocycles. The lowest BCUT2D eigenvalue weighted by atomic mass is 10.1. The van der Waals surface area contributed by atoms with Crippen LogP contribution in [-0.4, -0.2) is 56.0 Å². The average molecular weight is 402 g/mol. The zero-order chi connectivity index (χ0) is 20.1. The number of hydrogen-bond donors (Lipinski definition) is 1. The van der Waals surface area contributed by atoms with Crippen molar-refractivity contribution in [2.45, 2.75) is 20.0 Å². The van der Waals surface area contributed by atoms with Crippen molar-refractivity contribution in [2.75, 3.05) is 32.4 Å². The lowest BCUT2D eigenvalue weighted by Crippen LogP contribution is -2.47. The molecule has 0 bridgehead atoms. The summed E-state index contributed by atoms with van der Waals surface area (Å²) in [6.07, 6.45) is 1.26. The van der Waals surface area contributed by atoms with Gasteiger partial charge >= 0.3 is 0 Å². The third-order valence-corrected chi connectivity index (χ3v) is 6.43. The number of aryl methyl sites for hydroxylation is 1. The summed E-state index contributed by atoms with van der Waals surface area (Å²) < 4.78 is 24.7. The van der Waals surface area contributed by atoms with Crippen LogP contribution in [0.5, 0.6) is 0 Å². The van der Waals surface area contributed by atoms with Crippen LogP contribution >= 0.6 is 0 Å². The van der Waals surface area contributed by atoms with Crippen LogP contribution in [-0.2, 0) is 23.1 Å². The highest BCUT2D eigenvalue weighted by molar-refractivity contribution is 7.88. The molecule has 1 N–H and O–H groups in total. The van der Waals surface area contributed by atoms with Gasteiger partial charge in [-0.15, -0.1) is 0 Å². The molecule has 1 amide bonds. The Labute approximate surface area is 167 Å². The first-order valence-corrected chi connectivity index (χ1v) is 11.3. The molecule has 0 unspecified atom stereocenters. The summed E-state index contributed by atoms with van der Waals surface area (Å²) >= 11 is 0. The fourth-order valence-corrected chi connectivity index (χ4v) is 4.15. The van der Waals surface area contributed by atoms with Crippen molar-refractivity contribution in [3.8, 4) is 0 Å². The van der Waals surface area contributed by atoms with Gasteiger partial charge in [-0.25, -0.2) is 8.42 Å². The molecule has 3 rings (SSSR count). The minimum Gasteiger partial charge on any atom is -0.348 e. The molecule has 0 aromatic heterocycles. The van der Waals surface area contributed by atoms with Gasteiger partial charge in [0.05, 0.1) is 6.26 Å². The molecule has 1 aliphatic rings. The van der Waals surface area contributed by atoms with Crippen LogP contribution < -0.4 is 5.32 Å². The number of sulfonamides is 1. The van der Waals surface area contributed by atoms with Crippen LogP contribution in [0.2, 0.25) is 0 Å². The summed E-state index contributed by atoms with van der Waals surface area (Å²) in [6, 6.07) is 15.6. The Morgan fingerprint density at radius 1 is 1.00 bits per heavy atom. The zero-order valence-electron chi connectivity index (χ0n) is 16.4. The lowest BCUT2D eigenvalue weighted by molar-refractivity contribution is 0.0951. The molecule has 6 nitrogen and oxygen atoms in total. The van der Waals surface area contributed by atoms with Crippen molar-refractivity contribution in [3.63, 3.8) is 0 Å². The number of hydrogen-bond acceptors (Lipinski definition) is 4. The van der Waals surface area contributed by atoms with Crippen LogP contribution in [0.15, 0.2) is 48.5 Å². The van der Waals surface area contributed by atoms with Gasteiger partial charge in [0.25, 0.3) is 5.91 Å². The van der Waals surface area contributed by atoms with Crippen molar-refractivity contribution in [2.24, 2.45) is 0 Å². The van der Waals surface area contributed by atoms with Crippen molar-refractivity contribution in [3.05, 3.63) is 70.8 Å². The molecular weight excluding hydrogens is 374 g/mol. The molecule has 2 aromatic carbocycles. The minimum atomic E-state index is -3.10. The Morgan fingerprint density at radius 3 is 2.25 bits per heavy atom. The predicted octanol–water partition coefficient (Wildman–Crippen LogP) is 2.00. The number of rotatable bonds is 6. The monoisotopic (exact) mass is 401 g/mol. The van der Waals surface area contributed by atoms with E-state index in [1.54, 1.807) is 0 Å². The van der Waals surface area contributed by atoms with Crippen molar-refractivity contribution in [1.82, 2.24) is 14.5 Å². The van der Waals surface area contributed by atoms with E-state index in [1.807, 2.05) is 55.5 Å². The maximum atomic E-state index is 12.4. The summed E-state index contributed by atoms with van der Waals surface area (Å²) in [5.74, 6) is -0.0865. The van der Waals surface area contributed by atoms with E-state index in [-0.39, 0.29) is 5.91 Å². The maximum Gasteiger partial charge on any atom is 0.251 e. The smallest absolute Gasteiger partial charge is 0.251 e. The summed E-state index contributed by atoms with van der Waals surface area (Å²) in [5.41, 5.74) is 4.03. The molecule has 0 radical (unpaired) electrons. The summed E-state index contributed by atoms with van der Waals surface area (Å²) in [7, 11) is -3.10. The molecule has 0 atom stereocenters. The molecule has 1 saturated heterocycles. The normalized spacial score (nSPS) is 16.1. The van der Waals surface area contributed by atoms with Gasteiger partial charge < -0.3 is 5.32 Å². The second kappa shape index (κ2) is 8.86. The van der Waals surface area contributed by atoms with Gasteiger partial charge in [-0.2, -0.15) is 4.31 Å². The van der Waals surface area contributed by atoms with Gasteiger partial charge in [-0.3, -0.25) is 9.69 Å². The van der Waals surface area contributed by atoms with Gasteiger partial charge in [-0.1, -0.05) is 36.4 Å². The number of amides is 1. The van der Waals surface area contributed by atoms with E-state index < -0.39 is 10.0 Å². The Morgan fingerprint density at radius 2 is 1.64 bits per heavy atom. The second-order valence-electron chi connectivity index (χ2n) is 7.24. The van der Waals surface area contributed by atoms with E-state index >= 15 is 0 Å². The Balaban J connectivity index is 1.51. The van der Waals surface area contributed by atoms with Crippen LogP contribution in [0.4, 0.5) is 0 Å². The molecule has 1 fully saturated rings. The molecule has 150 valence electrons. The summed E-state index contributed by atoms with van der Waals surface area (Å²) in [4.78, 5) is 14.6. The van der Waals surface area contributed by atoms with Crippen LogP contribution in [0.3, 0.4) is 0 Å². The van der Waals surface area contributed by atoms with E-state index in [2.05, 4.69) is 10.2 Å². The van der Waals surface area contributed by atoms with Gasteiger partial charge in [-0.05, 0) is 35.7 Å². The molecular formula is C21H27N3O3S. The fraction of sp³-hybridized carbons (Fsp3) is 0.381. The molecule has 0 aliphatic carbocycles. The Bertz CT molecular complexity index is 918. The number of carbonyl (C=O) groups is 1. The highest BCUT2D eigenvalue weighted by Crippen LogP contribution is 2.12. The van der Waals surface area contributed by atoms with E-state index in [0.29, 0.717) is 38.3 Å². The SMILES string of the molecule is Cc1ccccc1CNC(=O)c1ccc(CN2CCN(S(C)(=O)=O)CC2)cc1. The number of nitrogens with zero attached hydrogens (tertiary/aromatic N) is 2. The fourth-order valence-electron chi connectivity index (χ4n) is 3.33. The van der Waals surface area contributed by atoms with Crippen LogP contribution in [0.1, 0.15) is 27.0 Å². The molecule has 28 heavy (non-hydrogen) atoms. The molecule has 2 aromatic rings. The lowest BCUT2D eigenvalue weighted by Gasteiger charge is -2.33. The zero-order valence-corrected chi connectivity index (χ0v) is 17.2. The Kier molecular flexibility index (Phi) is 6.49. The first kappa shape index (κ1) is 20.5.